The largest absolute Gasteiger partial charge is 0.496 e. The lowest BCUT2D eigenvalue weighted by molar-refractivity contribution is -0.114. The zero-order valence-corrected chi connectivity index (χ0v) is 15.8. The lowest BCUT2D eigenvalue weighted by Crippen LogP contribution is -2.36. The average Bonchev–Trinajstić information content (AvgIpc) is 3.09. The first-order valence-corrected chi connectivity index (χ1v) is 8.77. The molecule has 2 heterocycles. The van der Waals surface area contributed by atoms with Crippen LogP contribution in [-0.4, -0.2) is 35.8 Å². The number of anilines is 1. The molecule has 1 aromatic heterocycles. The van der Waals surface area contributed by atoms with Crippen LogP contribution in [0.3, 0.4) is 0 Å². The van der Waals surface area contributed by atoms with Crippen LogP contribution in [0.25, 0.3) is 17.3 Å². The maximum atomic E-state index is 12.7. The number of rotatable bonds is 4. The fraction of sp³-hybridized carbons (Fsp3) is 0.0952. The van der Waals surface area contributed by atoms with E-state index in [0.717, 1.165) is 0 Å². The number of para-hydroxylation sites is 1. The average molecular weight is 390 g/mol. The molecule has 4 rings (SSSR count). The van der Waals surface area contributed by atoms with Gasteiger partial charge in [0.1, 0.15) is 28.6 Å². The minimum Gasteiger partial charge on any atom is -0.496 e. The van der Waals surface area contributed by atoms with E-state index in [1.54, 1.807) is 36.4 Å². The number of hydrogen-bond acceptors (Lipinski definition) is 6. The second kappa shape index (κ2) is 7.16. The quantitative estimate of drug-likeness (QED) is 0.523. The molecule has 8 heteroatoms. The molecule has 0 saturated carbocycles. The summed E-state index contributed by atoms with van der Waals surface area (Å²) in [4.78, 5) is 25.1. The van der Waals surface area contributed by atoms with E-state index in [1.807, 2.05) is 18.2 Å². The summed E-state index contributed by atoms with van der Waals surface area (Å²) in [5, 5.41) is 6.80. The van der Waals surface area contributed by atoms with Crippen LogP contribution in [0.5, 0.6) is 11.5 Å². The predicted molar refractivity (Wildman–Crippen MR) is 108 cm³/mol. The van der Waals surface area contributed by atoms with Crippen LogP contribution in [0.15, 0.2) is 48.5 Å². The van der Waals surface area contributed by atoms with E-state index in [-0.39, 0.29) is 22.6 Å². The van der Waals surface area contributed by atoms with Crippen LogP contribution in [0, 0.1) is 0 Å². The SMILES string of the molecule is COc1cccc(OC)c1/C=C1/C(=O)NC(=O)c2c1nn(-c1ccccc1)c2N. The summed E-state index contributed by atoms with van der Waals surface area (Å²) in [5.74, 6) is 0.00760. The highest BCUT2D eigenvalue weighted by atomic mass is 16.5. The van der Waals surface area contributed by atoms with E-state index >= 15 is 0 Å². The van der Waals surface area contributed by atoms with E-state index in [9.17, 15) is 9.59 Å². The Balaban J connectivity index is 1.95. The highest BCUT2D eigenvalue weighted by Crippen LogP contribution is 2.35. The van der Waals surface area contributed by atoms with E-state index in [2.05, 4.69) is 10.4 Å². The maximum absolute atomic E-state index is 12.7. The molecular formula is C21H18N4O4. The molecular weight excluding hydrogens is 372 g/mol. The molecule has 3 aromatic rings. The first-order chi connectivity index (χ1) is 14.0. The molecule has 0 radical (unpaired) electrons. The minimum absolute atomic E-state index is 0.147. The number of carbonyl (C=O) groups excluding carboxylic acids is 2. The lowest BCUT2D eigenvalue weighted by atomic mass is 9.99. The van der Waals surface area contributed by atoms with Gasteiger partial charge in [0.15, 0.2) is 0 Å². The normalized spacial score (nSPS) is 14.5. The molecule has 0 saturated heterocycles. The van der Waals surface area contributed by atoms with Crippen molar-refractivity contribution in [2.75, 3.05) is 20.0 Å². The number of nitrogens with zero attached hydrogens (tertiary/aromatic N) is 2. The monoisotopic (exact) mass is 390 g/mol. The molecule has 0 spiro atoms. The number of carbonyl (C=O) groups is 2. The van der Waals surface area contributed by atoms with Gasteiger partial charge in [-0.3, -0.25) is 14.9 Å². The third-order valence-corrected chi connectivity index (χ3v) is 4.63. The minimum atomic E-state index is -0.589. The van der Waals surface area contributed by atoms with Gasteiger partial charge in [-0.2, -0.15) is 5.10 Å². The van der Waals surface area contributed by atoms with Gasteiger partial charge in [-0.15, -0.1) is 0 Å². The molecule has 0 atom stereocenters. The summed E-state index contributed by atoms with van der Waals surface area (Å²) in [6.07, 6.45) is 1.58. The van der Waals surface area contributed by atoms with Gasteiger partial charge in [0.05, 0.1) is 31.0 Å². The number of amides is 2. The van der Waals surface area contributed by atoms with Crippen LogP contribution in [0.1, 0.15) is 21.6 Å². The number of ether oxygens (including phenoxy) is 2. The van der Waals surface area contributed by atoms with Crippen molar-refractivity contribution in [3.63, 3.8) is 0 Å². The van der Waals surface area contributed by atoms with Crippen molar-refractivity contribution in [1.82, 2.24) is 15.1 Å². The zero-order valence-electron chi connectivity index (χ0n) is 15.8. The fourth-order valence-corrected chi connectivity index (χ4v) is 3.25. The molecule has 1 aliphatic rings. The van der Waals surface area contributed by atoms with Crippen molar-refractivity contribution >= 4 is 29.3 Å². The summed E-state index contributed by atoms with van der Waals surface area (Å²) in [6.45, 7) is 0. The third kappa shape index (κ3) is 3.00. The summed E-state index contributed by atoms with van der Waals surface area (Å²) in [7, 11) is 3.05. The molecule has 1 aliphatic heterocycles. The zero-order chi connectivity index (χ0) is 20.5. The second-order valence-electron chi connectivity index (χ2n) is 6.27. The number of nitrogens with two attached hydrogens (primary N) is 1. The summed E-state index contributed by atoms with van der Waals surface area (Å²) < 4.78 is 12.2. The summed E-state index contributed by atoms with van der Waals surface area (Å²) in [6, 6.07) is 14.4. The van der Waals surface area contributed by atoms with Crippen molar-refractivity contribution in [2.45, 2.75) is 0 Å². The topological polar surface area (TPSA) is 108 Å². The van der Waals surface area contributed by atoms with Gasteiger partial charge in [0.25, 0.3) is 11.8 Å². The van der Waals surface area contributed by atoms with Crippen molar-refractivity contribution in [2.24, 2.45) is 0 Å². The molecule has 2 aromatic carbocycles. The fourth-order valence-electron chi connectivity index (χ4n) is 3.25. The van der Waals surface area contributed by atoms with Gasteiger partial charge >= 0.3 is 0 Å². The Bertz CT molecular complexity index is 1130. The molecule has 3 N–H and O–H groups in total. The van der Waals surface area contributed by atoms with E-state index in [1.165, 1.54) is 18.9 Å². The number of hydrogen-bond donors (Lipinski definition) is 2. The Morgan fingerprint density at radius 2 is 1.62 bits per heavy atom. The number of nitrogens with one attached hydrogen (secondary N) is 1. The predicted octanol–water partition coefficient (Wildman–Crippen LogP) is 2.28. The van der Waals surface area contributed by atoms with Crippen molar-refractivity contribution in [1.29, 1.82) is 0 Å². The van der Waals surface area contributed by atoms with Gasteiger partial charge in [0.2, 0.25) is 0 Å². The van der Waals surface area contributed by atoms with Crippen LogP contribution in [0.4, 0.5) is 5.82 Å². The first kappa shape index (κ1) is 18.3. The molecule has 8 nitrogen and oxygen atoms in total. The molecule has 0 unspecified atom stereocenters. The molecule has 29 heavy (non-hydrogen) atoms. The Hall–Kier alpha value is -4.07. The standard InChI is InChI=1S/C21H18N4O4/c1-28-15-9-6-10-16(29-2)13(15)11-14-18-17(21(27)23-20(14)26)19(22)25(24-18)12-7-4-3-5-8-12/h3-11H,22H2,1-2H3,(H,23,26,27)/b14-11+. The van der Waals surface area contributed by atoms with Gasteiger partial charge in [0, 0.05) is 0 Å². The van der Waals surface area contributed by atoms with Crippen LogP contribution in [0.2, 0.25) is 0 Å². The number of fused-ring (bicyclic) bond motifs is 1. The molecule has 0 fully saturated rings. The second-order valence-corrected chi connectivity index (χ2v) is 6.27. The van der Waals surface area contributed by atoms with Gasteiger partial charge < -0.3 is 15.2 Å². The third-order valence-electron chi connectivity index (χ3n) is 4.63. The molecule has 146 valence electrons. The first-order valence-electron chi connectivity index (χ1n) is 8.77. The summed E-state index contributed by atoms with van der Waals surface area (Å²) in [5.41, 5.74) is 7.97. The van der Waals surface area contributed by atoms with Crippen molar-refractivity contribution in [3.05, 3.63) is 65.4 Å². The number of imide groups is 1. The number of aromatic nitrogens is 2. The van der Waals surface area contributed by atoms with Crippen molar-refractivity contribution in [3.8, 4) is 17.2 Å². The Labute approximate surface area is 166 Å². The van der Waals surface area contributed by atoms with Crippen molar-refractivity contribution < 1.29 is 19.1 Å². The van der Waals surface area contributed by atoms with E-state index in [0.29, 0.717) is 22.7 Å². The van der Waals surface area contributed by atoms with Gasteiger partial charge in [-0.1, -0.05) is 24.3 Å². The van der Waals surface area contributed by atoms with Gasteiger partial charge in [-0.25, -0.2) is 4.68 Å². The Kier molecular flexibility index (Phi) is 4.52. The smallest absolute Gasteiger partial charge is 0.264 e. The lowest BCUT2D eigenvalue weighted by Gasteiger charge is -2.15. The molecule has 0 bridgehead atoms. The maximum Gasteiger partial charge on any atom is 0.264 e. The van der Waals surface area contributed by atoms with Crippen LogP contribution in [-0.2, 0) is 4.79 Å². The van der Waals surface area contributed by atoms with Gasteiger partial charge in [-0.05, 0) is 30.3 Å². The van der Waals surface area contributed by atoms with E-state index < -0.39 is 11.8 Å². The Morgan fingerprint density at radius 3 is 2.24 bits per heavy atom. The number of benzene rings is 2. The highest BCUT2D eigenvalue weighted by Gasteiger charge is 2.34. The van der Waals surface area contributed by atoms with E-state index in [4.69, 9.17) is 15.2 Å². The highest BCUT2D eigenvalue weighted by molar-refractivity contribution is 6.34. The van der Waals surface area contributed by atoms with Crippen LogP contribution >= 0.6 is 0 Å². The Morgan fingerprint density at radius 1 is 0.966 bits per heavy atom. The number of methoxy groups -OCH3 is 2. The van der Waals surface area contributed by atoms with Crippen LogP contribution < -0.4 is 20.5 Å². The molecule has 2 amide bonds. The number of nitrogen functional groups attached to an aromatic ring is 1. The molecule has 0 aliphatic carbocycles. The summed E-state index contributed by atoms with van der Waals surface area (Å²) >= 11 is 0.